The van der Waals surface area contributed by atoms with Crippen molar-refractivity contribution in [1.82, 2.24) is 25.5 Å². The average Bonchev–Trinajstić information content (AvgIpc) is 4.05. The van der Waals surface area contributed by atoms with Crippen molar-refractivity contribution in [3.8, 4) is 33.5 Å². The van der Waals surface area contributed by atoms with Crippen LogP contribution < -0.4 is 25.2 Å². The molecule has 3 aromatic carbocycles. The largest absolute Gasteiger partial charge is 0.491 e. The predicted octanol–water partition coefficient (Wildman–Crippen LogP) is 9.28. The van der Waals surface area contributed by atoms with Gasteiger partial charge in [-0.15, -0.1) is 11.3 Å². The van der Waals surface area contributed by atoms with Gasteiger partial charge in [0.15, 0.2) is 22.5 Å². The maximum atomic E-state index is 15.4. The second-order valence-corrected chi connectivity index (χ2v) is 20.4. The van der Waals surface area contributed by atoms with E-state index >= 15 is 8.78 Å². The number of ether oxygens (including phenoxy) is 2. The molecular formula is C52H53F5N8O6S2. The summed E-state index contributed by atoms with van der Waals surface area (Å²) < 4.78 is 83.3. The number of anilines is 2. The molecule has 2 aliphatic heterocycles. The van der Waals surface area contributed by atoms with Crippen LogP contribution in [-0.2, 0) is 36.6 Å². The zero-order chi connectivity index (χ0) is 53.0. The molecule has 2 atom stereocenters. The molecule has 0 aliphatic carbocycles. The topological polar surface area (TPSA) is 170 Å². The van der Waals surface area contributed by atoms with Gasteiger partial charge in [-0.05, 0) is 118 Å². The summed E-state index contributed by atoms with van der Waals surface area (Å²) in [6.45, 7) is 11.1. The molecule has 384 valence electrons. The third kappa shape index (κ3) is 11.8. The van der Waals surface area contributed by atoms with Gasteiger partial charge in [-0.3, -0.25) is 29.1 Å². The molecule has 7 rings (SSSR count). The van der Waals surface area contributed by atoms with Gasteiger partial charge in [0, 0.05) is 25.3 Å². The molecule has 0 bridgehead atoms. The van der Waals surface area contributed by atoms with Gasteiger partial charge in [0.05, 0.1) is 57.6 Å². The standard InChI is InChI=1S/C52H53F5N8O6S2/c1-30-44(73-29-61-30)32-13-11-31(12-14-32)26-60-46(67)39-10-9-21-63(39)47(68)45(50(2,3)4)62-41(66)28-70-22-7-8-23-71-40-20-16-33(24-36(40)53)37-18-17-35(27-59-37)65-49(72)64(48(69)51(65,5)6)38-19-15-34(25-58)42(43(38)54)52(55,56)57/h11-20,24,27,29,39,45H,7-10,21-23,26,28H2,1-6H3,(H,60,67)(H,62,66). The van der Waals surface area contributed by atoms with E-state index in [0.29, 0.717) is 54.9 Å². The van der Waals surface area contributed by atoms with E-state index in [4.69, 9.17) is 21.7 Å². The fourth-order valence-corrected chi connectivity index (χ4v) is 9.98. The van der Waals surface area contributed by atoms with E-state index in [0.717, 1.165) is 33.8 Å². The number of alkyl halides is 3. The first-order chi connectivity index (χ1) is 34.5. The Hall–Kier alpha value is -6.89. The van der Waals surface area contributed by atoms with Crippen LogP contribution in [0.1, 0.15) is 82.7 Å². The van der Waals surface area contributed by atoms with Crippen molar-refractivity contribution in [3.63, 3.8) is 0 Å². The number of hydrogen-bond donors (Lipinski definition) is 2. The number of carbonyl (C=O) groups is 4. The molecule has 2 saturated heterocycles. The van der Waals surface area contributed by atoms with Crippen molar-refractivity contribution in [3.05, 3.63) is 112 Å². The van der Waals surface area contributed by atoms with E-state index in [-0.39, 0.29) is 48.2 Å². The molecule has 2 aliphatic rings. The number of thiocarbonyl (C=S) groups is 1. The molecule has 0 saturated carbocycles. The third-order valence-electron chi connectivity index (χ3n) is 12.5. The van der Waals surface area contributed by atoms with Crippen molar-refractivity contribution in [2.75, 3.05) is 36.2 Å². The highest BCUT2D eigenvalue weighted by atomic mass is 32.1. The number of likely N-dealkylation sites (tertiary alicyclic amines) is 1. The normalized spacial score (nSPS) is 16.1. The number of unbranched alkanes of at least 4 members (excludes halogenated alkanes) is 1. The lowest BCUT2D eigenvalue weighted by Gasteiger charge is -2.35. The van der Waals surface area contributed by atoms with E-state index in [1.54, 1.807) is 27.8 Å². The number of rotatable bonds is 17. The Morgan fingerprint density at radius 1 is 0.986 bits per heavy atom. The predicted molar refractivity (Wildman–Crippen MR) is 268 cm³/mol. The van der Waals surface area contributed by atoms with Crippen molar-refractivity contribution in [2.45, 2.75) is 97.6 Å². The van der Waals surface area contributed by atoms with Gasteiger partial charge in [-0.2, -0.15) is 18.4 Å². The van der Waals surface area contributed by atoms with Gasteiger partial charge in [0.25, 0.3) is 5.91 Å². The quantitative estimate of drug-likeness (QED) is 0.0517. The lowest BCUT2D eigenvalue weighted by Crippen LogP contribution is -2.58. The lowest BCUT2D eigenvalue weighted by molar-refractivity contribution is -0.144. The Balaban J connectivity index is 0.854. The van der Waals surface area contributed by atoms with Crippen LogP contribution in [-0.4, -0.2) is 87.6 Å². The van der Waals surface area contributed by atoms with Gasteiger partial charge < -0.3 is 29.9 Å². The van der Waals surface area contributed by atoms with Gasteiger partial charge in [0.2, 0.25) is 17.7 Å². The minimum absolute atomic E-state index is 0.0179. The molecule has 21 heteroatoms. The summed E-state index contributed by atoms with van der Waals surface area (Å²) in [5, 5.41) is 14.7. The summed E-state index contributed by atoms with van der Waals surface area (Å²) in [5.41, 5.74) is -0.00423. The van der Waals surface area contributed by atoms with Gasteiger partial charge in [-0.25, -0.2) is 13.8 Å². The molecule has 4 amide bonds. The molecular weight excluding hydrogens is 992 g/mol. The summed E-state index contributed by atoms with van der Waals surface area (Å²) in [4.78, 5) is 67.3. The molecule has 14 nitrogen and oxygen atoms in total. The number of aryl methyl sites for hydroxylation is 1. The first-order valence-corrected chi connectivity index (χ1v) is 24.6. The van der Waals surface area contributed by atoms with Crippen molar-refractivity contribution < 1.29 is 50.6 Å². The van der Waals surface area contributed by atoms with Crippen molar-refractivity contribution in [2.24, 2.45) is 5.41 Å². The number of aromatic nitrogens is 2. The van der Waals surface area contributed by atoms with Crippen LogP contribution in [0.15, 0.2) is 78.4 Å². The maximum absolute atomic E-state index is 15.4. The van der Waals surface area contributed by atoms with E-state index in [9.17, 15) is 37.6 Å². The number of benzene rings is 3. The van der Waals surface area contributed by atoms with Crippen LogP contribution in [0, 0.1) is 35.3 Å². The Morgan fingerprint density at radius 2 is 1.70 bits per heavy atom. The molecule has 0 radical (unpaired) electrons. The SMILES string of the molecule is Cc1ncsc1-c1ccc(CNC(=O)C2CCCN2C(=O)C(NC(=O)COCCCCOc2ccc(-c3ccc(N4C(=S)N(c5ccc(C#N)c(C(F)(F)F)c5F)C(=O)C4(C)C)cn3)cc2F)C(C)(C)C)cc1. The summed E-state index contributed by atoms with van der Waals surface area (Å²) in [7, 11) is 0. The monoisotopic (exact) mass is 1040 g/mol. The minimum atomic E-state index is -5.22. The van der Waals surface area contributed by atoms with Crippen molar-refractivity contribution in [1.29, 1.82) is 5.26 Å². The Kier molecular flexibility index (Phi) is 16.3. The first-order valence-electron chi connectivity index (χ1n) is 23.3. The van der Waals surface area contributed by atoms with Gasteiger partial charge >= 0.3 is 6.18 Å². The molecule has 2 fully saturated rings. The van der Waals surface area contributed by atoms with Gasteiger partial charge in [-0.1, -0.05) is 45.0 Å². The maximum Gasteiger partial charge on any atom is 0.420 e. The highest BCUT2D eigenvalue weighted by molar-refractivity contribution is 7.81. The van der Waals surface area contributed by atoms with Gasteiger partial charge in [0.1, 0.15) is 29.8 Å². The van der Waals surface area contributed by atoms with Crippen LogP contribution in [0.2, 0.25) is 0 Å². The number of pyridine rings is 1. The fourth-order valence-electron chi connectivity index (χ4n) is 8.65. The van der Waals surface area contributed by atoms with Crippen molar-refractivity contribution >= 4 is 63.7 Å². The zero-order valence-corrected chi connectivity index (χ0v) is 42.5. The third-order valence-corrected chi connectivity index (χ3v) is 13.9. The molecule has 2 N–H and O–H groups in total. The smallest absolute Gasteiger partial charge is 0.420 e. The minimum Gasteiger partial charge on any atom is -0.491 e. The van der Waals surface area contributed by atoms with Crippen LogP contribution in [0.3, 0.4) is 0 Å². The summed E-state index contributed by atoms with van der Waals surface area (Å²) >= 11 is 7.07. The number of halogens is 5. The van der Waals surface area contributed by atoms with Crippen LogP contribution >= 0.6 is 23.6 Å². The molecule has 4 heterocycles. The number of nitrogens with one attached hydrogen (secondary N) is 2. The molecule has 5 aromatic rings. The number of carbonyl (C=O) groups excluding carboxylic acids is 4. The summed E-state index contributed by atoms with van der Waals surface area (Å²) in [6.07, 6.45) is -1.79. The number of thiazole rings is 1. The van der Waals surface area contributed by atoms with E-state index in [2.05, 4.69) is 20.6 Å². The van der Waals surface area contributed by atoms with Crippen LogP contribution in [0.5, 0.6) is 5.75 Å². The number of amides is 4. The average molecular weight is 1050 g/mol. The molecule has 2 unspecified atom stereocenters. The Labute approximate surface area is 428 Å². The zero-order valence-electron chi connectivity index (χ0n) is 40.9. The second-order valence-electron chi connectivity index (χ2n) is 19.1. The van der Waals surface area contributed by atoms with E-state index in [1.807, 2.05) is 52.0 Å². The van der Waals surface area contributed by atoms with E-state index < -0.39 is 69.5 Å². The second kappa shape index (κ2) is 22.1. The summed E-state index contributed by atoms with van der Waals surface area (Å²) in [5.74, 6) is -4.41. The molecule has 73 heavy (non-hydrogen) atoms. The number of nitriles is 1. The van der Waals surface area contributed by atoms with Crippen LogP contribution in [0.25, 0.3) is 21.7 Å². The number of nitrogens with zero attached hydrogens (tertiary/aromatic N) is 6. The highest BCUT2D eigenvalue weighted by Gasteiger charge is 2.52. The Bertz CT molecular complexity index is 2940. The number of hydrogen-bond acceptors (Lipinski definition) is 11. The summed E-state index contributed by atoms with van der Waals surface area (Å²) in [6, 6.07) is 16.6. The molecule has 0 spiro atoms. The van der Waals surface area contributed by atoms with E-state index in [1.165, 1.54) is 55.3 Å². The Morgan fingerprint density at radius 3 is 2.33 bits per heavy atom. The highest BCUT2D eigenvalue weighted by Crippen LogP contribution is 2.42. The molecule has 2 aromatic heterocycles. The fraction of sp³-hybridized carbons (Fsp3) is 0.385. The lowest BCUT2D eigenvalue weighted by atomic mass is 9.85. The van der Waals surface area contributed by atoms with Crippen LogP contribution in [0.4, 0.5) is 33.3 Å². The first kappa shape index (κ1) is 53.9.